The minimum atomic E-state index is -0.460. The average Bonchev–Trinajstić information content (AvgIpc) is 3.37. The van der Waals surface area contributed by atoms with Crippen LogP contribution in [0.5, 0.6) is 5.88 Å². The van der Waals surface area contributed by atoms with Gasteiger partial charge in [0.25, 0.3) is 0 Å². The van der Waals surface area contributed by atoms with Gasteiger partial charge in [0, 0.05) is 11.8 Å². The number of aromatic hydroxyl groups is 1. The third-order valence-corrected chi connectivity index (χ3v) is 4.68. The van der Waals surface area contributed by atoms with Gasteiger partial charge < -0.3 is 19.4 Å². The standard InChI is InChI=1S/C20H21N5O4/c1-13-17(14(2)29-23-13)10-24-9-16(8-21-24)25-19(26)18(22-20(25)27)12-28-11-15-6-4-3-5-7-15/h3-9,26H,10-12H2,1-2H3,(H,22,27). The molecule has 0 spiro atoms. The highest BCUT2D eigenvalue weighted by atomic mass is 16.5. The Hall–Kier alpha value is -3.59. The number of imidazole rings is 1. The molecule has 150 valence electrons. The number of aromatic nitrogens is 5. The van der Waals surface area contributed by atoms with Crippen LogP contribution < -0.4 is 5.69 Å². The maximum Gasteiger partial charge on any atom is 0.333 e. The Morgan fingerprint density at radius 2 is 2.00 bits per heavy atom. The maximum atomic E-state index is 12.4. The summed E-state index contributed by atoms with van der Waals surface area (Å²) in [5, 5.41) is 18.7. The quantitative estimate of drug-likeness (QED) is 0.497. The zero-order valence-corrected chi connectivity index (χ0v) is 16.1. The first-order valence-electron chi connectivity index (χ1n) is 9.12. The molecular weight excluding hydrogens is 374 g/mol. The van der Waals surface area contributed by atoms with E-state index in [9.17, 15) is 9.90 Å². The summed E-state index contributed by atoms with van der Waals surface area (Å²) < 4.78 is 13.6. The van der Waals surface area contributed by atoms with Crippen molar-refractivity contribution in [2.24, 2.45) is 0 Å². The number of benzene rings is 1. The Kier molecular flexibility index (Phi) is 5.05. The lowest BCUT2D eigenvalue weighted by atomic mass is 10.2. The third kappa shape index (κ3) is 3.85. The molecule has 0 saturated heterocycles. The lowest BCUT2D eigenvalue weighted by Gasteiger charge is -2.04. The number of nitrogens with zero attached hydrogens (tertiary/aromatic N) is 4. The minimum absolute atomic E-state index is 0.0795. The second-order valence-corrected chi connectivity index (χ2v) is 6.74. The van der Waals surface area contributed by atoms with Crippen LogP contribution in [-0.2, 0) is 24.5 Å². The van der Waals surface area contributed by atoms with Crippen molar-refractivity contribution < 1.29 is 14.4 Å². The zero-order valence-electron chi connectivity index (χ0n) is 16.1. The summed E-state index contributed by atoms with van der Waals surface area (Å²) in [6.45, 7) is 4.61. The monoisotopic (exact) mass is 395 g/mol. The Labute approximate surface area is 166 Å². The molecule has 3 aromatic heterocycles. The van der Waals surface area contributed by atoms with E-state index in [4.69, 9.17) is 9.26 Å². The molecule has 9 nitrogen and oxygen atoms in total. The van der Waals surface area contributed by atoms with Crippen LogP contribution in [0.2, 0.25) is 0 Å². The second-order valence-electron chi connectivity index (χ2n) is 6.74. The molecule has 4 aromatic rings. The fourth-order valence-corrected chi connectivity index (χ4v) is 3.10. The van der Waals surface area contributed by atoms with Crippen molar-refractivity contribution in [1.29, 1.82) is 0 Å². The van der Waals surface area contributed by atoms with Crippen molar-refractivity contribution in [2.75, 3.05) is 0 Å². The Bertz CT molecular complexity index is 1150. The molecule has 0 saturated carbocycles. The number of ether oxygens (including phenoxy) is 1. The number of nitrogens with one attached hydrogen (secondary N) is 1. The summed E-state index contributed by atoms with van der Waals surface area (Å²) in [6.07, 6.45) is 3.19. The molecule has 0 unspecified atom stereocenters. The van der Waals surface area contributed by atoms with Gasteiger partial charge in [-0.2, -0.15) is 5.10 Å². The van der Waals surface area contributed by atoms with Crippen molar-refractivity contribution in [2.45, 2.75) is 33.6 Å². The second kappa shape index (κ2) is 7.80. The molecule has 3 heterocycles. The van der Waals surface area contributed by atoms with Gasteiger partial charge in [0.2, 0.25) is 5.88 Å². The first kappa shape index (κ1) is 18.8. The van der Waals surface area contributed by atoms with Gasteiger partial charge in [-0.05, 0) is 19.4 Å². The first-order chi connectivity index (χ1) is 14.0. The molecule has 0 fully saturated rings. The first-order valence-corrected chi connectivity index (χ1v) is 9.12. The number of hydrogen-bond acceptors (Lipinski definition) is 6. The van der Waals surface area contributed by atoms with Crippen LogP contribution in [0.25, 0.3) is 5.69 Å². The highest BCUT2D eigenvalue weighted by Gasteiger charge is 2.17. The van der Waals surface area contributed by atoms with E-state index >= 15 is 0 Å². The van der Waals surface area contributed by atoms with Gasteiger partial charge in [0.1, 0.15) is 11.5 Å². The summed E-state index contributed by atoms with van der Waals surface area (Å²) in [5.41, 5.74) is 3.03. The lowest BCUT2D eigenvalue weighted by Crippen LogP contribution is -2.14. The van der Waals surface area contributed by atoms with Gasteiger partial charge in [-0.25, -0.2) is 9.36 Å². The van der Waals surface area contributed by atoms with E-state index < -0.39 is 5.69 Å². The fourth-order valence-electron chi connectivity index (χ4n) is 3.10. The van der Waals surface area contributed by atoms with E-state index in [0.29, 0.717) is 24.5 Å². The van der Waals surface area contributed by atoms with Gasteiger partial charge in [-0.1, -0.05) is 35.5 Å². The van der Waals surface area contributed by atoms with Crippen LogP contribution in [0.4, 0.5) is 0 Å². The summed E-state index contributed by atoms with van der Waals surface area (Å²) in [4.78, 5) is 15.0. The SMILES string of the molecule is Cc1noc(C)c1Cn1cc(-n2c(O)c(COCc3ccccc3)[nH]c2=O)cn1. The smallest absolute Gasteiger partial charge is 0.333 e. The van der Waals surface area contributed by atoms with Gasteiger partial charge >= 0.3 is 5.69 Å². The highest BCUT2D eigenvalue weighted by molar-refractivity contribution is 5.34. The molecule has 0 amide bonds. The summed E-state index contributed by atoms with van der Waals surface area (Å²) >= 11 is 0. The van der Waals surface area contributed by atoms with Gasteiger partial charge in [0.15, 0.2) is 0 Å². The Balaban J connectivity index is 1.49. The molecule has 2 N–H and O–H groups in total. The molecule has 0 aliphatic rings. The van der Waals surface area contributed by atoms with Gasteiger partial charge in [-0.15, -0.1) is 0 Å². The number of hydrogen-bond donors (Lipinski definition) is 2. The van der Waals surface area contributed by atoms with Crippen molar-refractivity contribution in [3.8, 4) is 11.6 Å². The Morgan fingerprint density at radius 3 is 2.72 bits per heavy atom. The molecule has 29 heavy (non-hydrogen) atoms. The number of rotatable bonds is 7. The van der Waals surface area contributed by atoms with Crippen molar-refractivity contribution in [3.63, 3.8) is 0 Å². The Morgan fingerprint density at radius 1 is 1.21 bits per heavy atom. The maximum absolute atomic E-state index is 12.4. The van der Waals surface area contributed by atoms with E-state index in [1.807, 2.05) is 44.2 Å². The fraction of sp³-hybridized carbons (Fsp3) is 0.250. The predicted octanol–water partition coefficient (Wildman–Crippen LogP) is 2.44. The molecule has 0 aliphatic heterocycles. The topological polar surface area (TPSA) is 111 Å². The molecule has 0 bridgehead atoms. The normalized spacial score (nSPS) is 11.2. The van der Waals surface area contributed by atoms with Crippen LogP contribution in [0.1, 0.15) is 28.3 Å². The molecule has 0 aliphatic carbocycles. The van der Waals surface area contributed by atoms with E-state index in [1.165, 1.54) is 6.20 Å². The number of aryl methyl sites for hydroxylation is 2. The van der Waals surface area contributed by atoms with Gasteiger partial charge in [-0.3, -0.25) is 4.68 Å². The third-order valence-electron chi connectivity index (χ3n) is 4.68. The number of H-pyrrole nitrogens is 1. The highest BCUT2D eigenvalue weighted by Crippen LogP contribution is 2.20. The average molecular weight is 395 g/mol. The molecule has 1 aromatic carbocycles. The van der Waals surface area contributed by atoms with Crippen LogP contribution in [-0.4, -0.2) is 29.6 Å². The van der Waals surface area contributed by atoms with Gasteiger partial charge in [0.05, 0.1) is 37.3 Å². The number of aromatic amines is 1. The summed E-state index contributed by atoms with van der Waals surface area (Å²) in [5.74, 6) is 0.527. The minimum Gasteiger partial charge on any atom is -0.493 e. The molecule has 4 rings (SSSR count). The lowest BCUT2D eigenvalue weighted by molar-refractivity contribution is 0.103. The van der Waals surface area contributed by atoms with E-state index in [1.54, 1.807) is 10.9 Å². The van der Waals surface area contributed by atoms with Crippen molar-refractivity contribution >= 4 is 0 Å². The van der Waals surface area contributed by atoms with E-state index in [-0.39, 0.29) is 12.5 Å². The van der Waals surface area contributed by atoms with E-state index in [0.717, 1.165) is 27.1 Å². The summed E-state index contributed by atoms with van der Waals surface area (Å²) in [7, 11) is 0. The zero-order chi connectivity index (χ0) is 20.4. The van der Waals surface area contributed by atoms with Crippen LogP contribution in [0.3, 0.4) is 0 Å². The van der Waals surface area contributed by atoms with Crippen LogP contribution >= 0.6 is 0 Å². The summed E-state index contributed by atoms with van der Waals surface area (Å²) in [6, 6.07) is 9.67. The van der Waals surface area contributed by atoms with Crippen molar-refractivity contribution in [1.82, 2.24) is 24.5 Å². The molecule has 9 heteroatoms. The van der Waals surface area contributed by atoms with Crippen molar-refractivity contribution in [3.05, 3.63) is 81.5 Å². The van der Waals surface area contributed by atoms with Crippen LogP contribution in [0.15, 0.2) is 52.0 Å². The predicted molar refractivity (Wildman–Crippen MR) is 104 cm³/mol. The van der Waals surface area contributed by atoms with E-state index in [2.05, 4.69) is 15.2 Å². The molecular formula is C20H21N5O4. The van der Waals surface area contributed by atoms with Crippen LogP contribution in [0, 0.1) is 13.8 Å². The largest absolute Gasteiger partial charge is 0.493 e. The molecule has 0 atom stereocenters. The molecule has 0 radical (unpaired) electrons.